The lowest BCUT2D eigenvalue weighted by Crippen LogP contribution is -2.12. The number of para-hydroxylation sites is 1. The van der Waals surface area contributed by atoms with Crippen molar-refractivity contribution in [3.8, 4) is 11.1 Å². The number of pyridine rings is 1. The number of anilines is 2. The minimum atomic E-state index is -3.70. The van der Waals surface area contributed by atoms with Gasteiger partial charge in [0.1, 0.15) is 0 Å². The molecule has 5 rings (SSSR count). The van der Waals surface area contributed by atoms with Crippen molar-refractivity contribution in [2.75, 3.05) is 10.5 Å². The number of sulfonamides is 1. The number of thiazole rings is 1. The molecule has 2 aromatic heterocycles. The number of nitrogens with zero attached hydrogens (tertiary/aromatic N) is 2. The molecule has 3 aromatic carbocycles. The van der Waals surface area contributed by atoms with E-state index in [1.54, 1.807) is 35.8 Å². The quantitative estimate of drug-likeness (QED) is 0.394. The molecule has 0 unspecified atom stereocenters. The van der Waals surface area contributed by atoms with Crippen molar-refractivity contribution in [2.24, 2.45) is 0 Å². The smallest absolute Gasteiger partial charge is 0.263 e. The molecular formula is C22H16N4O2S2. The molecule has 0 radical (unpaired) electrons. The summed E-state index contributed by atoms with van der Waals surface area (Å²) in [5.74, 6) is 0. The number of nitrogens with one attached hydrogen (secondary N) is 1. The van der Waals surface area contributed by atoms with Gasteiger partial charge in [-0.1, -0.05) is 42.5 Å². The first kappa shape index (κ1) is 18.5. The highest BCUT2D eigenvalue weighted by molar-refractivity contribution is 7.93. The molecule has 0 atom stereocenters. The number of hydrogen-bond donors (Lipinski definition) is 2. The van der Waals surface area contributed by atoms with Crippen LogP contribution in [0.25, 0.3) is 32.9 Å². The summed E-state index contributed by atoms with van der Waals surface area (Å²) in [5, 5.41) is 3.79. The molecule has 2 heterocycles. The van der Waals surface area contributed by atoms with Crippen LogP contribution in [0.1, 0.15) is 0 Å². The molecule has 30 heavy (non-hydrogen) atoms. The monoisotopic (exact) mass is 432 g/mol. The van der Waals surface area contributed by atoms with E-state index in [0.29, 0.717) is 10.8 Å². The Hall–Kier alpha value is -3.49. The molecule has 0 fully saturated rings. The van der Waals surface area contributed by atoms with Gasteiger partial charge in [-0.2, -0.15) is 0 Å². The minimum Gasteiger partial charge on any atom is -0.398 e. The van der Waals surface area contributed by atoms with E-state index < -0.39 is 10.0 Å². The van der Waals surface area contributed by atoms with Crippen LogP contribution in [0.15, 0.2) is 83.2 Å². The van der Waals surface area contributed by atoms with Gasteiger partial charge >= 0.3 is 0 Å². The van der Waals surface area contributed by atoms with Gasteiger partial charge in [0.05, 0.1) is 21.6 Å². The highest BCUT2D eigenvalue weighted by atomic mass is 32.2. The topological polar surface area (TPSA) is 98.0 Å². The van der Waals surface area contributed by atoms with E-state index in [1.807, 2.05) is 42.5 Å². The van der Waals surface area contributed by atoms with E-state index in [9.17, 15) is 8.42 Å². The highest BCUT2D eigenvalue weighted by Crippen LogP contribution is 2.36. The molecule has 3 N–H and O–H groups in total. The molecule has 0 bridgehead atoms. The number of hydrogen-bond acceptors (Lipinski definition) is 6. The Labute approximate surface area is 177 Å². The van der Waals surface area contributed by atoms with Gasteiger partial charge < -0.3 is 5.73 Å². The molecule has 8 heteroatoms. The average Bonchev–Trinajstić information content (AvgIpc) is 3.26. The van der Waals surface area contributed by atoms with Crippen LogP contribution in [-0.2, 0) is 10.0 Å². The van der Waals surface area contributed by atoms with Gasteiger partial charge in [-0.25, -0.2) is 18.4 Å². The second-order valence-corrected chi connectivity index (χ2v) is 9.29. The Bertz CT molecular complexity index is 1480. The van der Waals surface area contributed by atoms with Crippen LogP contribution in [-0.4, -0.2) is 18.4 Å². The van der Waals surface area contributed by atoms with E-state index in [0.717, 1.165) is 32.9 Å². The van der Waals surface area contributed by atoms with E-state index in [-0.39, 0.29) is 4.90 Å². The predicted molar refractivity (Wildman–Crippen MR) is 122 cm³/mol. The number of nitrogen functional groups attached to an aromatic ring is 1. The van der Waals surface area contributed by atoms with Gasteiger partial charge in [-0.05, 0) is 35.4 Å². The fourth-order valence-corrected chi connectivity index (χ4v) is 5.27. The second kappa shape index (κ2) is 7.08. The highest BCUT2D eigenvalue weighted by Gasteiger charge is 2.16. The lowest BCUT2D eigenvalue weighted by molar-refractivity contribution is 0.601. The summed E-state index contributed by atoms with van der Waals surface area (Å²) >= 11 is 1.23. The van der Waals surface area contributed by atoms with Crippen molar-refractivity contribution in [2.45, 2.75) is 4.90 Å². The standard InChI is InChI=1S/C22H16N4O2S2/c23-21-17-4-1-2-6-18(17)25-19-7-3-5-16(20(19)21)14-8-10-15(11-9-14)30(27,28)26-22-24-12-13-29-22/h1-13H,(H2,23,25)(H,24,26). The maximum Gasteiger partial charge on any atom is 0.263 e. The summed E-state index contributed by atoms with van der Waals surface area (Å²) in [6.07, 6.45) is 1.55. The number of fused-ring (bicyclic) bond motifs is 2. The average molecular weight is 433 g/mol. The summed E-state index contributed by atoms with van der Waals surface area (Å²) in [6.45, 7) is 0. The number of benzene rings is 3. The molecule has 0 spiro atoms. The summed E-state index contributed by atoms with van der Waals surface area (Å²) in [6, 6.07) is 20.3. The zero-order valence-corrected chi connectivity index (χ0v) is 17.2. The van der Waals surface area contributed by atoms with E-state index >= 15 is 0 Å². The van der Waals surface area contributed by atoms with Gasteiger partial charge in [0, 0.05) is 22.3 Å². The summed E-state index contributed by atoms with van der Waals surface area (Å²) in [5.41, 5.74) is 10.6. The van der Waals surface area contributed by atoms with E-state index in [4.69, 9.17) is 10.7 Å². The Morgan fingerprint density at radius 1 is 0.900 bits per heavy atom. The van der Waals surface area contributed by atoms with Gasteiger partial charge in [-0.3, -0.25) is 4.72 Å². The molecule has 0 amide bonds. The number of rotatable bonds is 4. The Morgan fingerprint density at radius 2 is 1.67 bits per heavy atom. The molecule has 0 saturated heterocycles. The van der Waals surface area contributed by atoms with Gasteiger partial charge in [0.25, 0.3) is 10.0 Å². The van der Waals surface area contributed by atoms with E-state index in [1.165, 1.54) is 11.3 Å². The SMILES string of the molecule is Nc1c2ccccc2nc2cccc(-c3ccc(S(=O)(=O)Nc4nccs4)cc3)c12. The van der Waals surface area contributed by atoms with Crippen molar-refractivity contribution in [3.63, 3.8) is 0 Å². The van der Waals surface area contributed by atoms with Crippen molar-refractivity contribution < 1.29 is 8.42 Å². The van der Waals surface area contributed by atoms with Crippen molar-refractivity contribution >= 4 is 54.0 Å². The van der Waals surface area contributed by atoms with Crippen LogP contribution in [0, 0.1) is 0 Å². The maximum atomic E-state index is 12.6. The van der Waals surface area contributed by atoms with Crippen LogP contribution in [0.3, 0.4) is 0 Å². The van der Waals surface area contributed by atoms with Gasteiger partial charge in [0.2, 0.25) is 0 Å². The summed E-state index contributed by atoms with van der Waals surface area (Å²) < 4.78 is 27.7. The van der Waals surface area contributed by atoms with Crippen molar-refractivity contribution in [3.05, 3.63) is 78.3 Å². The lowest BCUT2D eigenvalue weighted by atomic mass is 9.98. The van der Waals surface area contributed by atoms with Crippen molar-refractivity contribution in [1.82, 2.24) is 9.97 Å². The van der Waals surface area contributed by atoms with Crippen LogP contribution < -0.4 is 10.5 Å². The van der Waals surface area contributed by atoms with E-state index in [2.05, 4.69) is 9.71 Å². The summed E-state index contributed by atoms with van der Waals surface area (Å²) in [7, 11) is -3.70. The second-order valence-electron chi connectivity index (χ2n) is 6.71. The van der Waals surface area contributed by atoms with Crippen LogP contribution >= 0.6 is 11.3 Å². The minimum absolute atomic E-state index is 0.165. The van der Waals surface area contributed by atoms with Crippen LogP contribution in [0.4, 0.5) is 10.8 Å². The first-order valence-corrected chi connectivity index (χ1v) is 11.5. The largest absolute Gasteiger partial charge is 0.398 e. The zero-order valence-electron chi connectivity index (χ0n) is 15.6. The molecular weight excluding hydrogens is 416 g/mol. The predicted octanol–water partition coefficient (Wildman–Crippen LogP) is 4.89. The molecule has 0 aliphatic rings. The third-order valence-corrected chi connectivity index (χ3v) is 7.05. The Morgan fingerprint density at radius 3 is 2.43 bits per heavy atom. The Balaban J connectivity index is 1.60. The fourth-order valence-electron chi connectivity index (χ4n) is 3.48. The van der Waals surface area contributed by atoms with Crippen molar-refractivity contribution in [1.29, 1.82) is 0 Å². The first-order chi connectivity index (χ1) is 14.5. The van der Waals surface area contributed by atoms with Gasteiger partial charge in [0.15, 0.2) is 5.13 Å². The lowest BCUT2D eigenvalue weighted by Gasteiger charge is -2.12. The summed E-state index contributed by atoms with van der Waals surface area (Å²) in [4.78, 5) is 8.86. The fraction of sp³-hybridized carbons (Fsp3) is 0. The number of aromatic nitrogens is 2. The van der Waals surface area contributed by atoms with Crippen LogP contribution in [0.5, 0.6) is 0 Å². The molecule has 0 aliphatic heterocycles. The third-order valence-electron chi connectivity index (χ3n) is 4.88. The maximum absolute atomic E-state index is 12.6. The molecule has 5 aromatic rings. The number of nitrogens with two attached hydrogens (primary N) is 1. The molecule has 0 saturated carbocycles. The molecule has 0 aliphatic carbocycles. The molecule has 6 nitrogen and oxygen atoms in total. The van der Waals surface area contributed by atoms with Crippen LogP contribution in [0.2, 0.25) is 0 Å². The normalized spacial score (nSPS) is 11.7. The third kappa shape index (κ3) is 3.16. The zero-order chi connectivity index (χ0) is 20.7. The first-order valence-electron chi connectivity index (χ1n) is 9.13. The van der Waals surface area contributed by atoms with Gasteiger partial charge in [-0.15, -0.1) is 11.3 Å². The molecule has 148 valence electrons. The Kier molecular flexibility index (Phi) is 4.38.